The fourth-order valence-corrected chi connectivity index (χ4v) is 4.53. The first-order valence-corrected chi connectivity index (χ1v) is 11.6. The predicted octanol–water partition coefficient (Wildman–Crippen LogP) is 3.50. The van der Waals surface area contributed by atoms with Crippen molar-refractivity contribution in [3.63, 3.8) is 0 Å². The Morgan fingerprint density at radius 1 is 1.40 bits per heavy atom. The van der Waals surface area contributed by atoms with Gasteiger partial charge < -0.3 is 10.6 Å². The van der Waals surface area contributed by atoms with E-state index < -0.39 is 5.66 Å². The van der Waals surface area contributed by atoms with Gasteiger partial charge in [-0.1, -0.05) is 39.5 Å². The Kier molecular flexibility index (Phi) is 8.08. The third kappa shape index (κ3) is 5.72. The van der Waals surface area contributed by atoms with Crippen molar-refractivity contribution in [2.75, 3.05) is 13.1 Å². The predicted molar refractivity (Wildman–Crippen MR) is 121 cm³/mol. The number of likely N-dealkylation sites (tertiary alicyclic amines) is 1. The molecular formula is C23H38N6O. The Morgan fingerprint density at radius 2 is 2.27 bits per heavy atom. The van der Waals surface area contributed by atoms with Crippen LogP contribution in [0, 0.1) is 5.92 Å². The molecule has 0 bridgehead atoms. The third-order valence-corrected chi connectivity index (χ3v) is 6.45. The summed E-state index contributed by atoms with van der Waals surface area (Å²) in [6, 6.07) is 0.204. The molecule has 2 aliphatic rings. The van der Waals surface area contributed by atoms with Crippen LogP contribution >= 0.6 is 0 Å². The minimum absolute atomic E-state index is 0.169. The average molecular weight is 415 g/mol. The van der Waals surface area contributed by atoms with E-state index >= 15 is 0 Å². The van der Waals surface area contributed by atoms with Crippen LogP contribution in [-0.4, -0.2) is 51.1 Å². The molecule has 1 amide bonds. The molecule has 1 aromatic rings. The summed E-state index contributed by atoms with van der Waals surface area (Å²) in [5.74, 6) is 1.51. The number of carbonyl (C=O) groups excluding carboxylic acids is 1. The lowest BCUT2D eigenvalue weighted by Gasteiger charge is -2.45. The highest BCUT2D eigenvalue weighted by Gasteiger charge is 2.38. The first-order valence-electron chi connectivity index (χ1n) is 11.6. The maximum absolute atomic E-state index is 12.8. The number of nitrogens with zero attached hydrogens (tertiary/aromatic N) is 4. The van der Waals surface area contributed by atoms with Crippen LogP contribution in [0.2, 0.25) is 0 Å². The average Bonchev–Trinajstić information content (AvgIpc) is 3.29. The number of rotatable bonds is 9. The number of amides is 1. The van der Waals surface area contributed by atoms with E-state index in [-0.39, 0.29) is 11.9 Å². The zero-order valence-corrected chi connectivity index (χ0v) is 18.8. The van der Waals surface area contributed by atoms with Crippen molar-refractivity contribution in [2.24, 2.45) is 10.9 Å². The maximum atomic E-state index is 12.8. The molecule has 0 aliphatic carbocycles. The third-order valence-electron chi connectivity index (χ3n) is 6.45. The van der Waals surface area contributed by atoms with Gasteiger partial charge in [-0.15, -0.1) is 0 Å². The van der Waals surface area contributed by atoms with Gasteiger partial charge in [0.2, 0.25) is 11.9 Å². The van der Waals surface area contributed by atoms with Crippen molar-refractivity contribution in [1.29, 1.82) is 0 Å². The van der Waals surface area contributed by atoms with E-state index in [2.05, 4.69) is 47.4 Å². The number of aliphatic imine (C=N–C) groups is 1. The molecule has 30 heavy (non-hydrogen) atoms. The Labute approximate surface area is 181 Å². The zero-order chi connectivity index (χ0) is 21.4. The van der Waals surface area contributed by atoms with Gasteiger partial charge in [-0.3, -0.25) is 14.3 Å². The fraction of sp³-hybridized carbons (Fsp3) is 0.696. The van der Waals surface area contributed by atoms with Crippen molar-refractivity contribution >= 4 is 11.9 Å². The summed E-state index contributed by atoms with van der Waals surface area (Å²) in [6.07, 6.45) is 18.1. The lowest BCUT2D eigenvalue weighted by atomic mass is 9.94. The van der Waals surface area contributed by atoms with E-state index in [1.54, 1.807) is 12.5 Å². The molecule has 0 radical (unpaired) electrons. The quantitative estimate of drug-likeness (QED) is 0.649. The summed E-state index contributed by atoms with van der Waals surface area (Å²) in [5.41, 5.74) is -0.469. The van der Waals surface area contributed by atoms with E-state index in [1.165, 1.54) is 25.7 Å². The monoisotopic (exact) mass is 414 g/mol. The first-order chi connectivity index (χ1) is 14.6. The van der Waals surface area contributed by atoms with Gasteiger partial charge in [0.15, 0.2) is 0 Å². The van der Waals surface area contributed by atoms with Gasteiger partial charge >= 0.3 is 0 Å². The first kappa shape index (κ1) is 22.5. The largest absolute Gasteiger partial charge is 0.356 e. The lowest BCUT2D eigenvalue weighted by molar-refractivity contribution is -0.123. The van der Waals surface area contributed by atoms with Crippen molar-refractivity contribution in [1.82, 2.24) is 25.1 Å². The molecule has 1 saturated heterocycles. The molecule has 2 aliphatic heterocycles. The van der Waals surface area contributed by atoms with Crippen LogP contribution in [-0.2, 0) is 4.79 Å². The van der Waals surface area contributed by atoms with Crippen LogP contribution in [0.25, 0.3) is 0 Å². The molecule has 0 spiro atoms. The number of unbranched alkanes of at least 4 members (excludes halogenated alkanes) is 1. The van der Waals surface area contributed by atoms with Crippen molar-refractivity contribution < 1.29 is 4.79 Å². The molecule has 1 fully saturated rings. The van der Waals surface area contributed by atoms with Crippen molar-refractivity contribution in [3.8, 4) is 0 Å². The minimum Gasteiger partial charge on any atom is -0.356 e. The van der Waals surface area contributed by atoms with Crippen LogP contribution in [0.4, 0.5) is 0 Å². The molecular weight excluding hydrogens is 376 g/mol. The Hall–Kier alpha value is -2.15. The van der Waals surface area contributed by atoms with E-state index in [9.17, 15) is 4.79 Å². The minimum atomic E-state index is -0.469. The summed E-state index contributed by atoms with van der Waals surface area (Å²) in [7, 11) is 0. The van der Waals surface area contributed by atoms with Gasteiger partial charge in [-0.05, 0) is 38.2 Å². The standard InChI is InChI=1S/C23H38N6O/c1-4-6-9-19(5-2)17-26-21(30)16-20-10-7-8-14-29(20)23(3)11-12-25-22(27-23)28-15-13-24-18-28/h11-13,15,18-20H,4-10,14,16-17H2,1-3H3,(H,25,27)(H,26,30). The van der Waals surface area contributed by atoms with Gasteiger partial charge in [0.25, 0.3) is 0 Å². The van der Waals surface area contributed by atoms with Crippen LogP contribution in [0.5, 0.6) is 0 Å². The molecule has 7 nitrogen and oxygen atoms in total. The van der Waals surface area contributed by atoms with Gasteiger partial charge in [-0.2, -0.15) is 0 Å². The van der Waals surface area contributed by atoms with Gasteiger partial charge in [0, 0.05) is 44.1 Å². The topological polar surface area (TPSA) is 74.6 Å². The summed E-state index contributed by atoms with van der Waals surface area (Å²) in [5, 5.41) is 6.43. The molecule has 0 saturated carbocycles. The normalized spacial score (nSPS) is 25.4. The second kappa shape index (κ2) is 10.8. The van der Waals surface area contributed by atoms with Crippen molar-refractivity contribution in [3.05, 3.63) is 31.0 Å². The highest BCUT2D eigenvalue weighted by molar-refractivity contribution is 5.84. The van der Waals surface area contributed by atoms with Gasteiger partial charge in [0.05, 0.1) is 0 Å². The second-order valence-electron chi connectivity index (χ2n) is 8.74. The van der Waals surface area contributed by atoms with Gasteiger partial charge in [-0.25, -0.2) is 9.98 Å². The molecule has 7 heteroatoms. The van der Waals surface area contributed by atoms with Crippen LogP contribution in [0.15, 0.2) is 36.0 Å². The Bertz CT molecular complexity index is 728. The smallest absolute Gasteiger partial charge is 0.221 e. The maximum Gasteiger partial charge on any atom is 0.221 e. The van der Waals surface area contributed by atoms with Crippen LogP contribution in [0.3, 0.4) is 0 Å². The van der Waals surface area contributed by atoms with Crippen molar-refractivity contribution in [2.45, 2.75) is 83.8 Å². The number of piperidine rings is 1. The van der Waals surface area contributed by atoms with Crippen LogP contribution in [0.1, 0.15) is 72.1 Å². The number of carbonyl (C=O) groups is 1. The number of nitrogens with one attached hydrogen (secondary N) is 2. The van der Waals surface area contributed by atoms with Gasteiger partial charge in [0.1, 0.15) is 12.0 Å². The molecule has 3 rings (SSSR count). The Balaban J connectivity index is 1.63. The second-order valence-corrected chi connectivity index (χ2v) is 8.74. The number of imidazole rings is 1. The molecule has 3 heterocycles. The molecule has 2 N–H and O–H groups in total. The van der Waals surface area contributed by atoms with E-state index in [0.717, 1.165) is 38.3 Å². The lowest BCUT2D eigenvalue weighted by Crippen LogP contribution is -2.55. The number of hydrogen-bond donors (Lipinski definition) is 2. The number of aromatic nitrogens is 2. The summed E-state index contributed by atoms with van der Waals surface area (Å²) < 4.78 is 1.88. The SMILES string of the molecule is CCCCC(CC)CNC(=O)CC1CCCCN1C1(C)C=CNC(n2ccnc2)=N1. The van der Waals surface area contributed by atoms with E-state index in [0.29, 0.717) is 12.3 Å². The fourth-order valence-electron chi connectivity index (χ4n) is 4.53. The summed E-state index contributed by atoms with van der Waals surface area (Å²) >= 11 is 0. The van der Waals surface area contributed by atoms with E-state index in [4.69, 9.17) is 4.99 Å². The molecule has 3 atom stereocenters. The molecule has 166 valence electrons. The van der Waals surface area contributed by atoms with Crippen LogP contribution < -0.4 is 10.6 Å². The molecule has 1 aromatic heterocycles. The molecule has 0 aromatic carbocycles. The van der Waals surface area contributed by atoms with E-state index in [1.807, 2.05) is 17.0 Å². The summed E-state index contributed by atoms with van der Waals surface area (Å²) in [4.78, 5) is 24.3. The Morgan fingerprint density at radius 3 is 3.00 bits per heavy atom. The highest BCUT2D eigenvalue weighted by atomic mass is 16.1. The highest BCUT2D eigenvalue weighted by Crippen LogP contribution is 2.31. The summed E-state index contributed by atoms with van der Waals surface area (Å²) in [6.45, 7) is 8.32. The molecule has 3 unspecified atom stereocenters. The number of hydrogen-bond acceptors (Lipinski definition) is 5. The zero-order valence-electron chi connectivity index (χ0n) is 18.8.